The average molecular weight is 396 g/mol. The van der Waals surface area contributed by atoms with Crippen molar-refractivity contribution in [2.75, 3.05) is 36.5 Å². The minimum Gasteiger partial charge on any atom is -0.443 e. The van der Waals surface area contributed by atoms with Gasteiger partial charge >= 0.3 is 6.09 Å². The van der Waals surface area contributed by atoms with Crippen LogP contribution in [0.15, 0.2) is 36.4 Å². The van der Waals surface area contributed by atoms with E-state index in [1.165, 1.54) is 4.90 Å². The predicted molar refractivity (Wildman–Crippen MR) is 114 cm³/mol. The first-order chi connectivity index (χ1) is 13.7. The third kappa shape index (κ3) is 3.40. The highest BCUT2D eigenvalue weighted by Crippen LogP contribution is 2.44. The molecule has 1 saturated heterocycles. The number of likely N-dealkylation sites (N-methyl/N-ethyl adjacent to an activating group) is 1. The Kier molecular flexibility index (Phi) is 4.65. The zero-order valence-electron chi connectivity index (χ0n) is 17.4. The van der Waals surface area contributed by atoms with Gasteiger partial charge in [0, 0.05) is 25.0 Å². The molecule has 2 unspecified atom stereocenters. The van der Waals surface area contributed by atoms with E-state index in [1.807, 2.05) is 52.1 Å². The molecule has 154 valence electrons. The van der Waals surface area contributed by atoms with Gasteiger partial charge in [-0.1, -0.05) is 30.3 Å². The minimum absolute atomic E-state index is 0.239. The third-order valence-electron chi connectivity index (χ3n) is 5.57. The molecule has 2 aliphatic rings. The lowest BCUT2D eigenvalue weighted by molar-refractivity contribution is -0.120. The Morgan fingerprint density at radius 2 is 1.83 bits per heavy atom. The van der Waals surface area contributed by atoms with E-state index in [1.54, 1.807) is 0 Å². The molecule has 0 spiro atoms. The molecule has 2 aliphatic heterocycles. The number of rotatable bonds is 1. The monoisotopic (exact) mass is 396 g/mol. The fourth-order valence-electron chi connectivity index (χ4n) is 4.40. The number of nitrogens with zero attached hydrogens (tertiary/aromatic N) is 3. The predicted octanol–water partition coefficient (Wildman–Crippen LogP) is 2.57. The van der Waals surface area contributed by atoms with Gasteiger partial charge in [0.2, 0.25) is 5.91 Å². The highest BCUT2D eigenvalue weighted by molar-refractivity contribution is 6.09. The number of piperazine rings is 1. The van der Waals surface area contributed by atoms with E-state index in [-0.39, 0.29) is 6.04 Å². The molecule has 2 atom stereocenters. The molecule has 2 heterocycles. The Labute approximate surface area is 171 Å². The minimum atomic E-state index is -0.804. The zero-order valence-corrected chi connectivity index (χ0v) is 17.4. The van der Waals surface area contributed by atoms with Gasteiger partial charge in [-0.25, -0.2) is 4.79 Å². The molecule has 29 heavy (non-hydrogen) atoms. The summed E-state index contributed by atoms with van der Waals surface area (Å²) in [5.74, 6) is -0.528. The van der Waals surface area contributed by atoms with Gasteiger partial charge in [0.15, 0.2) is 0 Å². The Bertz CT molecular complexity index is 968. The number of hydrogen-bond donors (Lipinski definition) is 1. The van der Waals surface area contributed by atoms with Crippen LogP contribution in [0, 0.1) is 0 Å². The lowest BCUT2D eigenvalue weighted by atomic mass is 9.93. The number of carbonyl (C=O) groups is 2. The number of hydrogen-bond acceptors (Lipinski definition) is 5. The summed E-state index contributed by atoms with van der Waals surface area (Å²) in [6.45, 7) is 7.71. The van der Waals surface area contributed by atoms with Crippen LogP contribution in [0.2, 0.25) is 0 Å². The van der Waals surface area contributed by atoms with E-state index < -0.39 is 23.6 Å². The number of primary amides is 1. The van der Waals surface area contributed by atoms with Gasteiger partial charge < -0.3 is 20.3 Å². The van der Waals surface area contributed by atoms with Gasteiger partial charge in [0.25, 0.3) is 0 Å². The quantitative estimate of drug-likeness (QED) is 0.802. The average Bonchev–Trinajstić information content (AvgIpc) is 2.64. The second kappa shape index (κ2) is 6.91. The van der Waals surface area contributed by atoms with Crippen molar-refractivity contribution in [2.45, 2.75) is 38.5 Å². The number of benzene rings is 2. The lowest BCUT2D eigenvalue weighted by Gasteiger charge is -2.51. The first kappa shape index (κ1) is 19.5. The Balaban J connectivity index is 1.95. The van der Waals surface area contributed by atoms with Crippen LogP contribution in [0.25, 0.3) is 10.8 Å². The van der Waals surface area contributed by atoms with Gasteiger partial charge in [-0.05, 0) is 39.3 Å². The topological polar surface area (TPSA) is 79.1 Å². The molecule has 2 N–H and O–H groups in total. The van der Waals surface area contributed by atoms with Crippen molar-refractivity contribution < 1.29 is 14.3 Å². The normalized spacial score (nSPS) is 22.2. The fraction of sp³-hybridized carbons (Fsp3) is 0.455. The van der Waals surface area contributed by atoms with Crippen LogP contribution in [0.1, 0.15) is 20.8 Å². The molecular weight excluding hydrogens is 368 g/mol. The van der Waals surface area contributed by atoms with E-state index in [0.717, 1.165) is 29.5 Å². The Morgan fingerprint density at radius 3 is 2.52 bits per heavy atom. The zero-order chi connectivity index (χ0) is 20.9. The number of fused-ring (bicyclic) bond motifs is 5. The second-order valence-electron chi connectivity index (χ2n) is 8.87. The van der Waals surface area contributed by atoms with Crippen LogP contribution in [0.4, 0.5) is 16.2 Å². The molecule has 0 aromatic heterocycles. The summed E-state index contributed by atoms with van der Waals surface area (Å²) in [5, 5.41) is 2.14. The molecule has 0 radical (unpaired) electrons. The highest BCUT2D eigenvalue weighted by atomic mass is 16.6. The maximum atomic E-state index is 13.2. The Morgan fingerprint density at radius 1 is 1.10 bits per heavy atom. The van der Waals surface area contributed by atoms with Crippen LogP contribution in [-0.2, 0) is 9.53 Å². The van der Waals surface area contributed by atoms with Gasteiger partial charge in [0.05, 0.1) is 17.4 Å². The molecule has 2 aromatic carbocycles. The summed E-state index contributed by atoms with van der Waals surface area (Å²) in [5.41, 5.74) is 6.80. The summed E-state index contributed by atoms with van der Waals surface area (Å²) in [6.07, 6.45) is -0.550. The summed E-state index contributed by atoms with van der Waals surface area (Å²) in [6, 6.07) is 10.9. The molecule has 0 bridgehead atoms. The van der Waals surface area contributed by atoms with E-state index in [9.17, 15) is 9.59 Å². The van der Waals surface area contributed by atoms with Crippen molar-refractivity contribution in [3.8, 4) is 0 Å². The maximum absolute atomic E-state index is 13.2. The molecule has 2 amide bonds. The van der Waals surface area contributed by atoms with Crippen LogP contribution in [0.5, 0.6) is 0 Å². The van der Waals surface area contributed by atoms with Crippen LogP contribution < -0.4 is 15.5 Å². The maximum Gasteiger partial charge on any atom is 0.415 e. The van der Waals surface area contributed by atoms with Gasteiger partial charge in [0.1, 0.15) is 11.6 Å². The molecule has 7 nitrogen and oxygen atoms in total. The van der Waals surface area contributed by atoms with E-state index in [0.29, 0.717) is 12.2 Å². The largest absolute Gasteiger partial charge is 0.443 e. The van der Waals surface area contributed by atoms with Crippen molar-refractivity contribution in [3.05, 3.63) is 36.4 Å². The standard InChI is InChI=1S/C22H28N4O3/c1-22(2,3)29-21(28)26-16-10-9-14-7-5-6-8-15(14)18(16)25-12-11-24(4)13-17(25)19(26)20(23)27/h5-10,17,19H,11-13H2,1-4H3,(H2,23,27). The second-order valence-corrected chi connectivity index (χ2v) is 8.87. The van der Waals surface area contributed by atoms with Crippen LogP contribution in [0.3, 0.4) is 0 Å². The van der Waals surface area contributed by atoms with Gasteiger partial charge in [-0.15, -0.1) is 0 Å². The molecule has 0 aliphatic carbocycles. The van der Waals surface area contributed by atoms with Crippen LogP contribution in [-0.4, -0.2) is 61.3 Å². The number of nitrogens with two attached hydrogens (primary N) is 1. The van der Waals surface area contributed by atoms with Crippen molar-refractivity contribution in [3.63, 3.8) is 0 Å². The number of anilines is 2. The van der Waals surface area contributed by atoms with E-state index in [2.05, 4.69) is 21.9 Å². The lowest BCUT2D eigenvalue weighted by Crippen LogP contribution is -2.68. The molecular formula is C22H28N4O3. The van der Waals surface area contributed by atoms with E-state index in [4.69, 9.17) is 10.5 Å². The molecule has 4 rings (SSSR count). The third-order valence-corrected chi connectivity index (χ3v) is 5.57. The smallest absolute Gasteiger partial charge is 0.415 e. The number of amides is 2. The SMILES string of the molecule is CN1CCN2c3c(ccc4ccccc34)N(C(=O)OC(C)(C)C)C(C(N)=O)C2C1. The summed E-state index contributed by atoms with van der Waals surface area (Å²) < 4.78 is 5.68. The molecule has 0 saturated carbocycles. The van der Waals surface area contributed by atoms with Gasteiger partial charge in [-0.2, -0.15) is 0 Å². The fourth-order valence-corrected chi connectivity index (χ4v) is 4.40. The van der Waals surface area contributed by atoms with Gasteiger partial charge in [-0.3, -0.25) is 9.69 Å². The van der Waals surface area contributed by atoms with Crippen molar-refractivity contribution in [2.24, 2.45) is 5.73 Å². The van der Waals surface area contributed by atoms with Crippen molar-refractivity contribution in [1.82, 2.24) is 4.90 Å². The summed E-state index contributed by atoms with van der Waals surface area (Å²) in [7, 11) is 2.02. The first-order valence-corrected chi connectivity index (χ1v) is 9.96. The molecule has 7 heteroatoms. The van der Waals surface area contributed by atoms with Crippen molar-refractivity contribution >= 4 is 34.1 Å². The molecule has 2 aromatic rings. The van der Waals surface area contributed by atoms with Crippen molar-refractivity contribution in [1.29, 1.82) is 0 Å². The van der Waals surface area contributed by atoms with Crippen LogP contribution >= 0.6 is 0 Å². The first-order valence-electron chi connectivity index (χ1n) is 9.96. The molecule has 1 fully saturated rings. The summed E-state index contributed by atoms with van der Waals surface area (Å²) >= 11 is 0. The number of ether oxygens (including phenoxy) is 1. The number of carbonyl (C=O) groups excluding carboxylic acids is 2. The van der Waals surface area contributed by atoms with E-state index >= 15 is 0 Å². The summed E-state index contributed by atoms with van der Waals surface area (Å²) in [4.78, 5) is 31.7. The Hall–Kier alpha value is -2.80. The highest BCUT2D eigenvalue weighted by Gasteiger charge is 2.48.